The lowest BCUT2D eigenvalue weighted by molar-refractivity contribution is -0.276. The maximum absolute atomic E-state index is 12.1. The van der Waals surface area contributed by atoms with Gasteiger partial charge in [0.05, 0.1) is 24.3 Å². The van der Waals surface area contributed by atoms with Crippen molar-refractivity contribution in [2.24, 2.45) is 17.8 Å². The van der Waals surface area contributed by atoms with E-state index in [9.17, 15) is 4.79 Å². The molecule has 5 fully saturated rings. The van der Waals surface area contributed by atoms with E-state index in [2.05, 4.69) is 28.9 Å². The summed E-state index contributed by atoms with van der Waals surface area (Å²) in [4.78, 5) is 14.9. The average molecular weight is 402 g/mol. The molecule has 1 aromatic rings. The molecule has 7 nitrogen and oxygen atoms in total. The average Bonchev–Trinajstić information content (AvgIpc) is 3.35. The van der Waals surface area contributed by atoms with Crippen LogP contribution in [0.1, 0.15) is 63.3 Å². The molecular formula is C22H31N3O4. The van der Waals surface area contributed by atoms with Crippen LogP contribution < -0.4 is 10.3 Å². The first-order valence-electron chi connectivity index (χ1n) is 11.2. The Balaban J connectivity index is 1.44. The number of hydrogen-bond donors (Lipinski definition) is 1. The zero-order chi connectivity index (χ0) is 20.1. The van der Waals surface area contributed by atoms with Gasteiger partial charge in [0.15, 0.2) is 11.5 Å². The van der Waals surface area contributed by atoms with Crippen LogP contribution in [0.3, 0.4) is 0 Å². The summed E-state index contributed by atoms with van der Waals surface area (Å²) in [5.74, 6) is 1.06. The lowest BCUT2D eigenvalue weighted by Crippen LogP contribution is -2.61. The van der Waals surface area contributed by atoms with E-state index in [0.29, 0.717) is 41.0 Å². The minimum Gasteiger partial charge on any atom is -0.494 e. The fraction of sp³-hybridized carbons (Fsp3) is 0.818. The highest BCUT2D eigenvalue weighted by Crippen LogP contribution is 2.73. The van der Waals surface area contributed by atoms with Crippen LogP contribution in [-0.4, -0.2) is 52.2 Å². The van der Waals surface area contributed by atoms with Crippen molar-refractivity contribution >= 4 is 0 Å². The highest BCUT2D eigenvalue weighted by atomic mass is 16.7. The topological polar surface area (TPSA) is 76.7 Å². The van der Waals surface area contributed by atoms with Crippen molar-refractivity contribution in [3.05, 3.63) is 21.6 Å². The molecule has 6 rings (SSSR count). The number of hydrogen-bond acceptors (Lipinski definition) is 6. The number of fused-ring (bicyclic) bond motifs is 1. The normalized spacial score (nSPS) is 48.5. The van der Waals surface area contributed by atoms with Crippen LogP contribution in [-0.2, 0) is 9.47 Å². The molecule has 0 aromatic carbocycles. The number of H-pyrrole nitrogens is 1. The fourth-order valence-electron chi connectivity index (χ4n) is 7.92. The molecule has 0 amide bonds. The Morgan fingerprint density at radius 1 is 1.38 bits per heavy atom. The molecule has 5 saturated heterocycles. The van der Waals surface area contributed by atoms with Crippen molar-refractivity contribution < 1.29 is 14.2 Å². The zero-order valence-corrected chi connectivity index (χ0v) is 17.7. The number of rotatable bonds is 5. The summed E-state index contributed by atoms with van der Waals surface area (Å²) in [6, 6.07) is 0.527. The van der Waals surface area contributed by atoms with Crippen LogP contribution in [0.15, 0.2) is 4.79 Å². The molecule has 7 heteroatoms. The summed E-state index contributed by atoms with van der Waals surface area (Å²) in [5, 5.41) is 7.03. The molecule has 5 bridgehead atoms. The Kier molecular flexibility index (Phi) is 3.69. The van der Waals surface area contributed by atoms with Crippen LogP contribution >= 0.6 is 0 Å². The van der Waals surface area contributed by atoms with E-state index in [1.54, 1.807) is 14.0 Å². The van der Waals surface area contributed by atoms with Crippen LogP contribution in [0.4, 0.5) is 0 Å². The van der Waals surface area contributed by atoms with Gasteiger partial charge >= 0.3 is 0 Å². The smallest absolute Gasteiger partial charge is 0.270 e. The molecule has 5 aliphatic heterocycles. The van der Waals surface area contributed by atoms with Gasteiger partial charge < -0.3 is 14.2 Å². The van der Waals surface area contributed by atoms with Gasteiger partial charge in [0.1, 0.15) is 11.8 Å². The quantitative estimate of drug-likeness (QED) is 0.817. The number of aromatic nitrogens is 2. The maximum Gasteiger partial charge on any atom is 0.270 e. The summed E-state index contributed by atoms with van der Waals surface area (Å²) in [5.41, 5.74) is 1.22. The number of aromatic amines is 1. The third-order valence-corrected chi connectivity index (χ3v) is 8.85. The molecule has 9 atom stereocenters. The second-order valence-electron chi connectivity index (χ2n) is 9.78. The van der Waals surface area contributed by atoms with E-state index < -0.39 is 5.79 Å². The first kappa shape index (κ1) is 18.3. The first-order valence-corrected chi connectivity index (χ1v) is 11.2. The Morgan fingerprint density at radius 2 is 2.21 bits per heavy atom. The Morgan fingerprint density at radius 3 is 2.97 bits per heavy atom. The Bertz CT molecular complexity index is 918. The van der Waals surface area contributed by atoms with E-state index >= 15 is 0 Å². The highest BCUT2D eigenvalue weighted by molar-refractivity contribution is 5.38. The maximum atomic E-state index is 12.1. The molecule has 0 saturated carbocycles. The van der Waals surface area contributed by atoms with Gasteiger partial charge in [-0.15, -0.1) is 0 Å². The molecule has 6 heterocycles. The molecular weight excluding hydrogens is 370 g/mol. The summed E-state index contributed by atoms with van der Waals surface area (Å²) in [7, 11) is 1.60. The molecule has 0 radical (unpaired) electrons. The predicted molar refractivity (Wildman–Crippen MR) is 106 cm³/mol. The van der Waals surface area contributed by atoms with Crippen molar-refractivity contribution in [1.29, 1.82) is 0 Å². The molecule has 0 aliphatic carbocycles. The molecule has 1 aromatic heterocycles. The molecule has 1 spiro atoms. The monoisotopic (exact) mass is 401 g/mol. The van der Waals surface area contributed by atoms with E-state index in [1.807, 2.05) is 0 Å². The van der Waals surface area contributed by atoms with Gasteiger partial charge in [-0.2, -0.15) is 5.10 Å². The molecule has 1 N–H and O–H groups in total. The molecule has 29 heavy (non-hydrogen) atoms. The molecule has 5 aliphatic rings. The van der Waals surface area contributed by atoms with Gasteiger partial charge in [0, 0.05) is 17.9 Å². The van der Waals surface area contributed by atoms with Crippen LogP contribution in [0, 0.1) is 24.7 Å². The number of nitrogens with one attached hydrogen (secondary N) is 1. The van der Waals surface area contributed by atoms with Crippen molar-refractivity contribution in [2.45, 2.75) is 82.5 Å². The number of methoxy groups -OCH3 is 1. The molecule has 158 valence electrons. The summed E-state index contributed by atoms with van der Waals surface area (Å²) < 4.78 is 19.4. The lowest BCUT2D eigenvalue weighted by Gasteiger charge is -2.49. The summed E-state index contributed by atoms with van der Waals surface area (Å²) >= 11 is 0. The number of ether oxygens (including phenoxy) is 3. The fourth-order valence-corrected chi connectivity index (χ4v) is 7.92. The van der Waals surface area contributed by atoms with Gasteiger partial charge in [-0.05, 0) is 38.6 Å². The number of nitrogens with zero attached hydrogens (tertiary/aromatic N) is 2. The second kappa shape index (κ2) is 5.83. The summed E-state index contributed by atoms with van der Waals surface area (Å²) in [6.45, 7) is 7.49. The SMILES string of the molecule is CCCC[C@@]12[C@@H]3C[C@H]4[C@H]5[C@H](C)[C@@H](c6n[nH]c(=O)c(C)c6OC)O[C@]5(O3)[C@@H]1CCN42. The standard InChI is InChI=1S/C22H31N3O4/c1-5-6-8-21-14-7-9-25(21)13-10-15(21)28-22(14)16(13)11(2)19(29-22)17-18(27-4)12(3)20(26)24-23-17/h11,13-16,19H,5-10H2,1-4H3,(H,24,26)/t11-,13-,14+,15-,16+,19-,21-,22+/m0/s1. The van der Waals surface area contributed by atoms with Gasteiger partial charge in [0.25, 0.3) is 5.56 Å². The van der Waals surface area contributed by atoms with Crippen molar-refractivity contribution in [1.82, 2.24) is 15.1 Å². The van der Waals surface area contributed by atoms with Gasteiger partial charge in [0.2, 0.25) is 0 Å². The zero-order valence-electron chi connectivity index (χ0n) is 17.7. The second-order valence-corrected chi connectivity index (χ2v) is 9.78. The Hall–Kier alpha value is -1.44. The van der Waals surface area contributed by atoms with E-state index in [1.165, 1.54) is 25.8 Å². The van der Waals surface area contributed by atoms with Gasteiger partial charge in [-0.1, -0.05) is 26.7 Å². The summed E-state index contributed by atoms with van der Waals surface area (Å²) in [6.07, 6.45) is 6.02. The van der Waals surface area contributed by atoms with Gasteiger partial charge in [-0.25, -0.2) is 5.10 Å². The predicted octanol–water partition coefficient (Wildman–Crippen LogP) is 2.54. The Labute approximate surface area is 171 Å². The minimum atomic E-state index is -0.505. The van der Waals surface area contributed by atoms with Crippen molar-refractivity contribution in [3.63, 3.8) is 0 Å². The van der Waals surface area contributed by atoms with Crippen LogP contribution in [0.25, 0.3) is 0 Å². The van der Waals surface area contributed by atoms with Crippen molar-refractivity contribution in [3.8, 4) is 5.75 Å². The van der Waals surface area contributed by atoms with E-state index in [4.69, 9.17) is 14.2 Å². The third kappa shape index (κ3) is 1.91. The largest absolute Gasteiger partial charge is 0.494 e. The first-order chi connectivity index (χ1) is 14.0. The van der Waals surface area contributed by atoms with E-state index in [0.717, 1.165) is 12.8 Å². The lowest BCUT2D eigenvalue weighted by atomic mass is 9.69. The number of unbranched alkanes of at least 4 members (excludes halogenated alkanes) is 1. The van der Waals surface area contributed by atoms with Crippen LogP contribution in [0.2, 0.25) is 0 Å². The van der Waals surface area contributed by atoms with Crippen molar-refractivity contribution in [2.75, 3.05) is 13.7 Å². The highest BCUT2D eigenvalue weighted by Gasteiger charge is 2.83. The van der Waals surface area contributed by atoms with E-state index in [-0.39, 0.29) is 23.1 Å². The third-order valence-electron chi connectivity index (χ3n) is 8.85. The van der Waals surface area contributed by atoms with Gasteiger partial charge in [-0.3, -0.25) is 9.69 Å². The molecule has 1 unspecified atom stereocenters. The minimum absolute atomic E-state index is 0.171. The number of piperidine rings is 1. The van der Waals surface area contributed by atoms with Crippen LogP contribution in [0.5, 0.6) is 5.75 Å².